The third kappa shape index (κ3) is 5.95. The number of carbonyl (C=O) groups is 2. The quantitative estimate of drug-likeness (QED) is 0.605. The minimum atomic E-state index is -0.311. The lowest BCUT2D eigenvalue weighted by Crippen LogP contribution is -2.48. The van der Waals surface area contributed by atoms with Crippen molar-refractivity contribution in [3.05, 3.63) is 52.5 Å². The van der Waals surface area contributed by atoms with Crippen LogP contribution < -0.4 is 20.3 Å². The monoisotopic (exact) mass is 504 g/mol. The van der Waals surface area contributed by atoms with Crippen molar-refractivity contribution in [2.24, 2.45) is 0 Å². The van der Waals surface area contributed by atoms with Gasteiger partial charge in [-0.1, -0.05) is 12.1 Å². The van der Waals surface area contributed by atoms with Gasteiger partial charge < -0.3 is 19.9 Å². The Bertz CT molecular complexity index is 977. The molecule has 2 aromatic carbocycles. The smallest absolute Gasteiger partial charge is 0.257 e. The molecule has 0 aliphatic carbocycles. The lowest BCUT2D eigenvalue weighted by molar-refractivity contribution is -0.129. The van der Waals surface area contributed by atoms with Crippen LogP contribution in [0.3, 0.4) is 0 Å². The summed E-state index contributed by atoms with van der Waals surface area (Å²) in [6, 6.07) is 12.9. The first-order valence-electron chi connectivity index (χ1n) is 10.0. The number of benzene rings is 2. The number of nitrogens with one attached hydrogen (secondary N) is 2. The molecule has 2 N–H and O–H groups in total. The maximum Gasteiger partial charge on any atom is 0.257 e. The van der Waals surface area contributed by atoms with E-state index in [4.69, 9.17) is 17.0 Å². The van der Waals surface area contributed by atoms with Gasteiger partial charge in [0.2, 0.25) is 5.91 Å². The highest BCUT2D eigenvalue weighted by atomic mass is 79.9. The van der Waals surface area contributed by atoms with E-state index in [9.17, 15) is 9.59 Å². The summed E-state index contributed by atoms with van der Waals surface area (Å²) in [5, 5.41) is 6.07. The van der Waals surface area contributed by atoms with Crippen LogP contribution in [0.25, 0.3) is 0 Å². The van der Waals surface area contributed by atoms with Crippen molar-refractivity contribution in [1.29, 1.82) is 0 Å². The molecular weight excluding hydrogens is 480 g/mol. The van der Waals surface area contributed by atoms with Crippen molar-refractivity contribution in [1.82, 2.24) is 10.2 Å². The number of ether oxygens (including phenoxy) is 1. The van der Waals surface area contributed by atoms with E-state index in [1.54, 1.807) is 25.1 Å². The summed E-state index contributed by atoms with van der Waals surface area (Å²) in [5.74, 6) is 0.461. The van der Waals surface area contributed by atoms with Crippen LogP contribution in [0.4, 0.5) is 11.4 Å². The Kier molecular flexibility index (Phi) is 7.86. The summed E-state index contributed by atoms with van der Waals surface area (Å²) in [7, 11) is 0. The molecule has 2 aromatic rings. The molecule has 164 valence electrons. The van der Waals surface area contributed by atoms with Crippen LogP contribution >= 0.6 is 28.1 Å². The third-order valence-corrected chi connectivity index (χ3v) is 5.76. The van der Waals surface area contributed by atoms with E-state index in [0.717, 1.165) is 24.5 Å². The van der Waals surface area contributed by atoms with Crippen LogP contribution in [0.1, 0.15) is 24.2 Å². The van der Waals surface area contributed by atoms with E-state index >= 15 is 0 Å². The molecule has 1 saturated heterocycles. The van der Waals surface area contributed by atoms with Gasteiger partial charge in [-0.2, -0.15) is 0 Å². The fraction of sp³-hybridized carbons (Fsp3) is 0.318. The van der Waals surface area contributed by atoms with Crippen molar-refractivity contribution >= 4 is 56.4 Å². The predicted octanol–water partition coefficient (Wildman–Crippen LogP) is 3.64. The number of halogens is 1. The molecule has 31 heavy (non-hydrogen) atoms. The van der Waals surface area contributed by atoms with Gasteiger partial charge in [-0.05, 0) is 65.4 Å². The normalized spacial score (nSPS) is 13.5. The molecule has 0 radical (unpaired) electrons. The van der Waals surface area contributed by atoms with Gasteiger partial charge >= 0.3 is 0 Å². The second-order valence-corrected chi connectivity index (χ2v) is 8.26. The molecule has 1 heterocycles. The van der Waals surface area contributed by atoms with Crippen LogP contribution in [-0.4, -0.2) is 54.6 Å². The maximum absolute atomic E-state index is 12.6. The minimum absolute atomic E-state index is 0.0934. The average molecular weight is 505 g/mol. The van der Waals surface area contributed by atoms with E-state index in [1.807, 2.05) is 36.1 Å². The molecule has 9 heteroatoms. The van der Waals surface area contributed by atoms with Gasteiger partial charge in [0.25, 0.3) is 5.91 Å². The Labute approximate surface area is 195 Å². The van der Waals surface area contributed by atoms with Crippen molar-refractivity contribution < 1.29 is 14.3 Å². The Balaban J connectivity index is 1.64. The topological polar surface area (TPSA) is 73.9 Å². The Morgan fingerprint density at radius 1 is 1.13 bits per heavy atom. The molecule has 0 atom stereocenters. The highest BCUT2D eigenvalue weighted by Gasteiger charge is 2.21. The molecule has 0 aromatic heterocycles. The number of rotatable bonds is 5. The lowest BCUT2D eigenvalue weighted by atomic mass is 10.2. The zero-order chi connectivity index (χ0) is 22.4. The molecule has 1 aliphatic heterocycles. The third-order valence-electron chi connectivity index (χ3n) is 4.94. The fourth-order valence-corrected chi connectivity index (χ4v) is 4.06. The number of hydrogen-bond donors (Lipinski definition) is 2. The highest BCUT2D eigenvalue weighted by Crippen LogP contribution is 2.27. The first kappa shape index (κ1) is 23.0. The lowest BCUT2D eigenvalue weighted by Gasteiger charge is -2.36. The maximum atomic E-state index is 12.6. The molecule has 0 unspecified atom stereocenters. The number of amides is 2. The van der Waals surface area contributed by atoms with Gasteiger partial charge in [0, 0.05) is 38.7 Å². The number of anilines is 2. The Morgan fingerprint density at radius 3 is 2.48 bits per heavy atom. The molecule has 0 saturated carbocycles. The summed E-state index contributed by atoms with van der Waals surface area (Å²) in [5.41, 5.74) is 2.25. The average Bonchev–Trinajstić information content (AvgIpc) is 2.75. The number of piperazine rings is 1. The standard InChI is InChI=1S/C22H25BrN4O3S/c1-3-30-20-9-8-16(14-17(20)23)21(29)25-22(31)24-18-6-4-5-7-19(18)27-12-10-26(11-13-27)15(2)28/h4-9,14H,3,10-13H2,1-2H3,(H2,24,25,29,31). The minimum Gasteiger partial charge on any atom is -0.493 e. The van der Waals surface area contributed by atoms with Gasteiger partial charge in [-0.25, -0.2) is 0 Å². The van der Waals surface area contributed by atoms with Gasteiger partial charge in [0.05, 0.1) is 22.5 Å². The number of hydrogen-bond acceptors (Lipinski definition) is 5. The summed E-state index contributed by atoms with van der Waals surface area (Å²) < 4.78 is 6.18. The molecule has 0 spiro atoms. The fourth-order valence-electron chi connectivity index (χ4n) is 3.36. The van der Waals surface area contributed by atoms with Gasteiger partial charge in [0.15, 0.2) is 5.11 Å². The Morgan fingerprint density at radius 2 is 1.84 bits per heavy atom. The first-order chi connectivity index (χ1) is 14.9. The van der Waals surface area contributed by atoms with E-state index in [-0.39, 0.29) is 16.9 Å². The molecule has 3 rings (SSSR count). The molecule has 1 fully saturated rings. The Hall–Kier alpha value is -2.65. The van der Waals surface area contributed by atoms with Crippen LogP contribution in [0, 0.1) is 0 Å². The van der Waals surface area contributed by atoms with E-state index in [0.29, 0.717) is 35.5 Å². The second-order valence-electron chi connectivity index (χ2n) is 7.00. The van der Waals surface area contributed by atoms with Crippen molar-refractivity contribution in [3.63, 3.8) is 0 Å². The van der Waals surface area contributed by atoms with Crippen LogP contribution in [0.15, 0.2) is 46.9 Å². The van der Waals surface area contributed by atoms with Crippen LogP contribution in [0.2, 0.25) is 0 Å². The van der Waals surface area contributed by atoms with E-state index in [1.165, 1.54) is 0 Å². The zero-order valence-corrected chi connectivity index (χ0v) is 19.9. The van der Waals surface area contributed by atoms with Crippen LogP contribution in [-0.2, 0) is 4.79 Å². The molecular formula is C22H25BrN4O3S. The number of thiocarbonyl (C=S) groups is 1. The molecule has 0 bridgehead atoms. The zero-order valence-electron chi connectivity index (χ0n) is 17.5. The van der Waals surface area contributed by atoms with Gasteiger partial charge in [0.1, 0.15) is 5.75 Å². The molecule has 2 amide bonds. The second kappa shape index (κ2) is 10.6. The highest BCUT2D eigenvalue weighted by molar-refractivity contribution is 9.10. The van der Waals surface area contributed by atoms with Crippen LogP contribution in [0.5, 0.6) is 5.75 Å². The van der Waals surface area contributed by atoms with Crippen molar-refractivity contribution in [3.8, 4) is 5.75 Å². The number of para-hydroxylation sites is 2. The number of carbonyl (C=O) groups excluding carboxylic acids is 2. The number of nitrogens with zero attached hydrogens (tertiary/aromatic N) is 2. The van der Waals surface area contributed by atoms with E-state index < -0.39 is 0 Å². The predicted molar refractivity (Wildman–Crippen MR) is 130 cm³/mol. The molecule has 1 aliphatic rings. The summed E-state index contributed by atoms with van der Waals surface area (Å²) in [6.07, 6.45) is 0. The van der Waals surface area contributed by atoms with Gasteiger partial charge in [-0.15, -0.1) is 0 Å². The van der Waals surface area contributed by atoms with Crippen molar-refractivity contribution in [2.75, 3.05) is 43.0 Å². The van der Waals surface area contributed by atoms with E-state index in [2.05, 4.69) is 31.5 Å². The summed E-state index contributed by atoms with van der Waals surface area (Å²) in [4.78, 5) is 28.2. The summed E-state index contributed by atoms with van der Waals surface area (Å²) in [6.45, 7) is 6.86. The SMILES string of the molecule is CCOc1ccc(C(=O)NC(=S)Nc2ccccc2N2CCN(C(C)=O)CC2)cc1Br. The van der Waals surface area contributed by atoms with Crippen molar-refractivity contribution in [2.45, 2.75) is 13.8 Å². The molecule has 7 nitrogen and oxygen atoms in total. The largest absolute Gasteiger partial charge is 0.493 e. The first-order valence-corrected chi connectivity index (χ1v) is 11.2. The summed E-state index contributed by atoms with van der Waals surface area (Å²) >= 11 is 8.80. The van der Waals surface area contributed by atoms with Gasteiger partial charge in [-0.3, -0.25) is 14.9 Å².